The lowest BCUT2D eigenvalue weighted by Crippen LogP contribution is -1.98. The lowest BCUT2D eigenvalue weighted by molar-refractivity contribution is 0.628. The van der Waals surface area contributed by atoms with Crippen molar-refractivity contribution >= 4 is 23.2 Å². The molecule has 2 rings (SSSR count). The van der Waals surface area contributed by atoms with E-state index < -0.39 is 0 Å². The lowest BCUT2D eigenvalue weighted by Gasteiger charge is -2.08. The second-order valence-corrected chi connectivity index (χ2v) is 5.29. The first-order chi connectivity index (χ1) is 9.61. The van der Waals surface area contributed by atoms with E-state index in [0.29, 0.717) is 21.7 Å². The van der Waals surface area contributed by atoms with Crippen LogP contribution in [0.15, 0.2) is 24.3 Å². The summed E-state index contributed by atoms with van der Waals surface area (Å²) >= 11 is 12.4. The number of hydrogen-bond acceptors (Lipinski definition) is 2. The molecular formula is C15H15Cl2FN2. The van der Waals surface area contributed by atoms with Crippen molar-refractivity contribution in [3.05, 3.63) is 46.0 Å². The molecule has 2 aromatic rings. The molecule has 0 saturated heterocycles. The maximum Gasteiger partial charge on any atom is 0.162 e. The van der Waals surface area contributed by atoms with Crippen LogP contribution in [-0.4, -0.2) is 9.97 Å². The molecule has 0 N–H and O–H groups in total. The Balaban J connectivity index is 2.27. The molecule has 1 heterocycles. The fraction of sp³-hybridized carbons (Fsp3) is 0.333. The minimum atomic E-state index is -0.304. The Labute approximate surface area is 128 Å². The van der Waals surface area contributed by atoms with Gasteiger partial charge in [-0.15, -0.1) is 0 Å². The van der Waals surface area contributed by atoms with Gasteiger partial charge in [-0.3, -0.25) is 0 Å². The van der Waals surface area contributed by atoms with Crippen LogP contribution in [0, 0.1) is 5.82 Å². The summed E-state index contributed by atoms with van der Waals surface area (Å²) in [7, 11) is 0. The van der Waals surface area contributed by atoms with E-state index in [0.717, 1.165) is 31.2 Å². The van der Waals surface area contributed by atoms with Crippen LogP contribution in [0.5, 0.6) is 0 Å². The highest BCUT2D eigenvalue weighted by Crippen LogP contribution is 2.27. The van der Waals surface area contributed by atoms with Crippen LogP contribution < -0.4 is 0 Å². The van der Waals surface area contributed by atoms with Crippen molar-refractivity contribution in [3.8, 4) is 11.4 Å². The van der Waals surface area contributed by atoms with Gasteiger partial charge in [0.05, 0.1) is 0 Å². The molecule has 0 aliphatic heterocycles. The lowest BCUT2D eigenvalue weighted by atomic mass is 10.1. The Hall–Kier alpha value is -1.19. The van der Waals surface area contributed by atoms with Crippen LogP contribution in [0.25, 0.3) is 11.4 Å². The van der Waals surface area contributed by atoms with Gasteiger partial charge in [0, 0.05) is 11.1 Å². The topological polar surface area (TPSA) is 25.8 Å². The molecule has 0 fully saturated rings. The van der Waals surface area contributed by atoms with Gasteiger partial charge in [0.25, 0.3) is 0 Å². The Bertz CT molecular complexity index is 562. The SMILES string of the molecule is CCCCCc1c(Cl)nc(-c2ccc(F)cc2)nc1Cl. The van der Waals surface area contributed by atoms with Gasteiger partial charge in [-0.2, -0.15) is 0 Å². The van der Waals surface area contributed by atoms with Crippen molar-refractivity contribution in [3.63, 3.8) is 0 Å². The van der Waals surface area contributed by atoms with Crippen molar-refractivity contribution in [2.24, 2.45) is 0 Å². The van der Waals surface area contributed by atoms with Gasteiger partial charge >= 0.3 is 0 Å². The molecule has 0 atom stereocenters. The van der Waals surface area contributed by atoms with Crippen LogP contribution in [0.2, 0.25) is 10.3 Å². The predicted molar refractivity (Wildman–Crippen MR) is 80.7 cm³/mol. The number of aromatic nitrogens is 2. The minimum absolute atomic E-state index is 0.304. The van der Waals surface area contributed by atoms with Crippen molar-refractivity contribution in [1.29, 1.82) is 0 Å². The summed E-state index contributed by atoms with van der Waals surface area (Å²) in [6.45, 7) is 2.14. The Morgan fingerprint density at radius 1 is 1.00 bits per heavy atom. The fourth-order valence-corrected chi connectivity index (χ4v) is 2.49. The number of halogens is 3. The molecule has 0 aliphatic carbocycles. The van der Waals surface area contributed by atoms with E-state index in [1.807, 2.05) is 0 Å². The first-order valence-electron chi connectivity index (χ1n) is 6.59. The summed E-state index contributed by atoms with van der Waals surface area (Å²) in [6, 6.07) is 5.92. The van der Waals surface area contributed by atoms with Gasteiger partial charge in [-0.05, 0) is 37.1 Å². The van der Waals surface area contributed by atoms with E-state index >= 15 is 0 Å². The van der Waals surface area contributed by atoms with Gasteiger partial charge < -0.3 is 0 Å². The summed E-state index contributed by atoms with van der Waals surface area (Å²) in [6.07, 6.45) is 4.03. The molecule has 1 aromatic carbocycles. The number of rotatable bonds is 5. The normalized spacial score (nSPS) is 10.8. The van der Waals surface area contributed by atoms with E-state index in [1.165, 1.54) is 12.1 Å². The van der Waals surface area contributed by atoms with Crippen molar-refractivity contribution in [2.75, 3.05) is 0 Å². The second kappa shape index (κ2) is 7.00. The molecule has 20 heavy (non-hydrogen) atoms. The molecule has 1 aromatic heterocycles. The van der Waals surface area contributed by atoms with Crippen molar-refractivity contribution in [2.45, 2.75) is 32.6 Å². The summed E-state index contributed by atoms with van der Waals surface area (Å²) in [5, 5.41) is 0.751. The predicted octanol–water partition coefficient (Wildman–Crippen LogP) is 5.32. The molecule has 0 bridgehead atoms. The average Bonchev–Trinajstić information content (AvgIpc) is 2.42. The van der Waals surface area contributed by atoms with Gasteiger partial charge in [0.15, 0.2) is 5.82 Å². The molecule has 106 valence electrons. The van der Waals surface area contributed by atoms with Gasteiger partial charge in [0.2, 0.25) is 0 Å². The molecule has 0 aliphatic rings. The Morgan fingerprint density at radius 3 is 2.15 bits per heavy atom. The molecule has 0 unspecified atom stereocenters. The molecule has 0 radical (unpaired) electrons. The summed E-state index contributed by atoms with van der Waals surface area (Å²) in [5.74, 6) is 0.112. The number of unbranched alkanes of at least 4 members (excludes halogenated alkanes) is 2. The Morgan fingerprint density at radius 2 is 1.60 bits per heavy atom. The third-order valence-electron chi connectivity index (χ3n) is 3.04. The maximum atomic E-state index is 12.9. The molecule has 5 heteroatoms. The molecule has 0 saturated carbocycles. The third-order valence-corrected chi connectivity index (χ3v) is 3.66. The van der Waals surface area contributed by atoms with Crippen LogP contribution in [-0.2, 0) is 6.42 Å². The molecule has 0 spiro atoms. The monoisotopic (exact) mass is 312 g/mol. The van der Waals surface area contributed by atoms with E-state index in [1.54, 1.807) is 12.1 Å². The zero-order valence-corrected chi connectivity index (χ0v) is 12.7. The van der Waals surface area contributed by atoms with Crippen molar-refractivity contribution < 1.29 is 4.39 Å². The van der Waals surface area contributed by atoms with Crippen LogP contribution in [0.4, 0.5) is 4.39 Å². The molecular weight excluding hydrogens is 298 g/mol. The smallest absolute Gasteiger partial charge is 0.162 e. The van der Waals surface area contributed by atoms with Crippen molar-refractivity contribution in [1.82, 2.24) is 9.97 Å². The standard InChI is InChI=1S/C15H15Cl2FN2/c1-2-3-4-5-12-13(16)19-15(20-14(12)17)10-6-8-11(18)9-7-10/h6-9H,2-5H2,1H3. The summed E-state index contributed by atoms with van der Waals surface area (Å²) in [4.78, 5) is 8.52. The number of hydrogen-bond donors (Lipinski definition) is 0. The van der Waals surface area contributed by atoms with Crippen LogP contribution in [0.3, 0.4) is 0 Å². The number of nitrogens with zero attached hydrogens (tertiary/aromatic N) is 2. The Kier molecular flexibility index (Phi) is 5.32. The molecule has 2 nitrogen and oxygen atoms in total. The van der Waals surface area contributed by atoms with Crippen LogP contribution >= 0.6 is 23.2 Å². The summed E-state index contributed by atoms with van der Waals surface area (Å²) < 4.78 is 12.9. The molecule has 0 amide bonds. The highest BCUT2D eigenvalue weighted by molar-refractivity contribution is 6.34. The zero-order chi connectivity index (χ0) is 14.5. The average molecular weight is 313 g/mol. The fourth-order valence-electron chi connectivity index (χ4n) is 1.92. The first-order valence-corrected chi connectivity index (χ1v) is 7.35. The third kappa shape index (κ3) is 3.68. The van der Waals surface area contributed by atoms with E-state index in [2.05, 4.69) is 16.9 Å². The van der Waals surface area contributed by atoms with E-state index in [9.17, 15) is 4.39 Å². The highest BCUT2D eigenvalue weighted by atomic mass is 35.5. The largest absolute Gasteiger partial charge is 0.216 e. The maximum absolute atomic E-state index is 12.9. The second-order valence-electron chi connectivity index (χ2n) is 4.57. The summed E-state index contributed by atoms with van der Waals surface area (Å²) in [5.41, 5.74) is 1.47. The van der Waals surface area contributed by atoms with Gasteiger partial charge in [0.1, 0.15) is 16.1 Å². The highest BCUT2D eigenvalue weighted by Gasteiger charge is 2.12. The number of benzene rings is 1. The minimum Gasteiger partial charge on any atom is -0.216 e. The zero-order valence-electron chi connectivity index (χ0n) is 11.2. The van der Waals surface area contributed by atoms with Gasteiger partial charge in [-0.25, -0.2) is 14.4 Å². The van der Waals surface area contributed by atoms with Crippen LogP contribution in [0.1, 0.15) is 31.7 Å². The van der Waals surface area contributed by atoms with E-state index in [4.69, 9.17) is 23.2 Å². The van der Waals surface area contributed by atoms with Gasteiger partial charge in [-0.1, -0.05) is 43.0 Å². The quantitative estimate of drug-likeness (QED) is 0.551. The van der Waals surface area contributed by atoms with E-state index in [-0.39, 0.29) is 5.82 Å². The first kappa shape index (κ1) is 15.2.